The quantitative estimate of drug-likeness (QED) is 0.491. The molecule has 8 heteroatoms. The maximum absolute atomic E-state index is 6.08. The average Bonchev–Trinajstić information content (AvgIpc) is 3.31. The average molecular weight is 425 g/mol. The number of aromatic nitrogens is 4. The Morgan fingerprint density at radius 1 is 0.931 bits per heavy atom. The first-order chi connectivity index (χ1) is 14.2. The highest BCUT2D eigenvalue weighted by Crippen LogP contribution is 2.25. The van der Waals surface area contributed by atoms with Crippen LogP contribution < -0.4 is 4.90 Å². The third-order valence-corrected chi connectivity index (χ3v) is 6.16. The summed E-state index contributed by atoms with van der Waals surface area (Å²) in [6.07, 6.45) is 5.07. The first-order valence-electron chi connectivity index (χ1n) is 9.74. The lowest BCUT2D eigenvalue weighted by Crippen LogP contribution is -2.30. The topological polar surface area (TPSA) is 49.6 Å². The van der Waals surface area contributed by atoms with Gasteiger partial charge in [-0.1, -0.05) is 41.9 Å². The molecule has 0 spiro atoms. The molecule has 1 aromatic carbocycles. The van der Waals surface area contributed by atoms with Gasteiger partial charge in [0, 0.05) is 62.2 Å². The predicted octanol–water partition coefficient (Wildman–Crippen LogP) is 4.22. The van der Waals surface area contributed by atoms with Gasteiger partial charge in [0.05, 0.1) is 10.7 Å². The highest BCUT2D eigenvalue weighted by molar-refractivity contribution is 7.09. The minimum absolute atomic E-state index is 0.721. The zero-order valence-corrected chi connectivity index (χ0v) is 17.5. The van der Waals surface area contributed by atoms with Crippen molar-refractivity contribution in [1.29, 1.82) is 0 Å². The zero-order valence-electron chi connectivity index (χ0n) is 15.9. The number of hydrogen-bond acceptors (Lipinski definition) is 6. The van der Waals surface area contributed by atoms with Crippen LogP contribution >= 0.6 is 23.1 Å². The van der Waals surface area contributed by atoms with Crippen molar-refractivity contribution >= 4 is 33.9 Å². The van der Waals surface area contributed by atoms with E-state index in [1.807, 2.05) is 40.9 Å². The second kappa shape index (κ2) is 8.10. The van der Waals surface area contributed by atoms with Gasteiger partial charge >= 0.3 is 0 Å². The zero-order chi connectivity index (χ0) is 19.6. The van der Waals surface area contributed by atoms with Gasteiger partial charge in [-0.2, -0.15) is 9.36 Å². The molecule has 0 N–H and O–H groups in total. The highest BCUT2D eigenvalue weighted by atomic mass is 35.5. The Morgan fingerprint density at radius 2 is 1.83 bits per heavy atom. The van der Waals surface area contributed by atoms with E-state index in [0.29, 0.717) is 0 Å². The summed E-state index contributed by atoms with van der Waals surface area (Å²) in [6.45, 7) is 4.83. The second-order valence-corrected chi connectivity index (χ2v) is 8.40. The van der Waals surface area contributed by atoms with Crippen LogP contribution in [0.4, 0.5) is 5.13 Å². The van der Waals surface area contributed by atoms with E-state index in [-0.39, 0.29) is 0 Å². The molecule has 4 aromatic rings. The summed E-state index contributed by atoms with van der Waals surface area (Å²) in [5.74, 6) is 0.815. The summed E-state index contributed by atoms with van der Waals surface area (Å²) >= 11 is 7.57. The third-order valence-electron chi connectivity index (χ3n) is 5.16. The highest BCUT2D eigenvalue weighted by Gasteiger charge is 2.19. The van der Waals surface area contributed by atoms with Crippen LogP contribution in [0, 0.1) is 0 Å². The molecule has 0 saturated carbocycles. The van der Waals surface area contributed by atoms with Crippen LogP contribution in [0.5, 0.6) is 0 Å². The minimum atomic E-state index is 0.721. The van der Waals surface area contributed by atoms with Gasteiger partial charge in [0.15, 0.2) is 5.82 Å². The number of imidazole rings is 1. The lowest BCUT2D eigenvalue weighted by atomic mass is 10.2. The molecule has 29 heavy (non-hydrogen) atoms. The Kier molecular flexibility index (Phi) is 5.18. The Hall–Kier alpha value is -2.48. The number of benzene rings is 1. The molecule has 5 rings (SSSR count). The molecular formula is C21H21ClN6S. The maximum Gasteiger partial charge on any atom is 0.205 e. The first kappa shape index (κ1) is 18.5. The van der Waals surface area contributed by atoms with Crippen molar-refractivity contribution in [3.05, 3.63) is 65.6 Å². The van der Waals surface area contributed by atoms with Gasteiger partial charge in [0.2, 0.25) is 5.13 Å². The maximum atomic E-state index is 6.08. The Bertz CT molecular complexity index is 1110. The largest absolute Gasteiger partial charge is 0.346 e. The number of pyridine rings is 1. The molecule has 6 nitrogen and oxygen atoms in total. The smallest absolute Gasteiger partial charge is 0.205 e. The fourth-order valence-electron chi connectivity index (χ4n) is 3.69. The summed E-state index contributed by atoms with van der Waals surface area (Å²) in [5, 5.41) is 1.73. The third kappa shape index (κ3) is 4.12. The molecular weight excluding hydrogens is 404 g/mol. The van der Waals surface area contributed by atoms with Crippen LogP contribution in [-0.4, -0.2) is 49.8 Å². The lowest BCUT2D eigenvalue weighted by molar-refractivity contribution is 0.282. The number of halogens is 1. The molecule has 0 unspecified atom stereocenters. The summed E-state index contributed by atoms with van der Waals surface area (Å²) in [6, 6.07) is 14.0. The van der Waals surface area contributed by atoms with E-state index < -0.39 is 0 Å². The Labute approximate surface area is 178 Å². The summed E-state index contributed by atoms with van der Waals surface area (Å²) in [4.78, 5) is 14.3. The van der Waals surface area contributed by atoms with Gasteiger partial charge in [0.25, 0.3) is 0 Å². The van der Waals surface area contributed by atoms with Crippen LogP contribution in [0.3, 0.4) is 0 Å². The van der Waals surface area contributed by atoms with Gasteiger partial charge in [-0.05, 0) is 18.6 Å². The molecule has 0 amide bonds. The normalized spacial score (nSPS) is 15.7. The van der Waals surface area contributed by atoms with Crippen molar-refractivity contribution in [2.45, 2.75) is 13.0 Å². The standard InChI is InChI=1S/C21H21ClN6S/c22-17-7-8-19-23-18(15-28(19)13-17)14-26-9-4-10-27(12-11-26)21-24-20(25-29-21)16-5-2-1-3-6-16/h1-3,5-8,13,15H,4,9-12,14H2. The minimum Gasteiger partial charge on any atom is -0.346 e. The fourth-order valence-corrected chi connectivity index (χ4v) is 4.60. The Morgan fingerprint density at radius 3 is 2.72 bits per heavy atom. The number of nitrogens with zero attached hydrogens (tertiary/aromatic N) is 6. The van der Waals surface area contributed by atoms with E-state index >= 15 is 0 Å². The van der Waals surface area contributed by atoms with E-state index in [4.69, 9.17) is 21.6 Å². The molecule has 1 aliphatic heterocycles. The van der Waals surface area contributed by atoms with Crippen LogP contribution in [-0.2, 0) is 6.54 Å². The molecule has 4 heterocycles. The van der Waals surface area contributed by atoms with E-state index in [9.17, 15) is 0 Å². The van der Waals surface area contributed by atoms with Crippen LogP contribution in [0.15, 0.2) is 54.9 Å². The van der Waals surface area contributed by atoms with Crippen LogP contribution in [0.25, 0.3) is 17.0 Å². The molecule has 1 fully saturated rings. The summed E-state index contributed by atoms with van der Waals surface area (Å²) in [7, 11) is 0. The Balaban J connectivity index is 1.25. The SMILES string of the molecule is Clc1ccc2nc(CN3CCCN(c4nc(-c5ccccc5)ns4)CC3)cn2c1. The van der Waals surface area contributed by atoms with E-state index in [1.54, 1.807) is 0 Å². The summed E-state index contributed by atoms with van der Waals surface area (Å²) in [5.41, 5.74) is 3.07. The van der Waals surface area contributed by atoms with Crippen LogP contribution in [0.1, 0.15) is 12.1 Å². The molecule has 0 aliphatic carbocycles. The second-order valence-electron chi connectivity index (χ2n) is 7.23. The molecule has 0 radical (unpaired) electrons. The van der Waals surface area contributed by atoms with Gasteiger partial charge in [-0.15, -0.1) is 0 Å². The number of hydrogen-bond donors (Lipinski definition) is 0. The van der Waals surface area contributed by atoms with Gasteiger partial charge in [-0.25, -0.2) is 4.98 Å². The lowest BCUT2D eigenvalue weighted by Gasteiger charge is -2.20. The van der Waals surface area contributed by atoms with Crippen molar-refractivity contribution in [1.82, 2.24) is 23.6 Å². The van der Waals surface area contributed by atoms with Gasteiger partial charge < -0.3 is 9.30 Å². The van der Waals surface area contributed by atoms with Crippen molar-refractivity contribution in [3.63, 3.8) is 0 Å². The molecule has 1 saturated heterocycles. The molecule has 3 aromatic heterocycles. The van der Waals surface area contributed by atoms with Crippen molar-refractivity contribution in [2.75, 3.05) is 31.1 Å². The summed E-state index contributed by atoms with van der Waals surface area (Å²) < 4.78 is 6.56. The predicted molar refractivity (Wildman–Crippen MR) is 118 cm³/mol. The molecule has 1 aliphatic rings. The monoisotopic (exact) mass is 424 g/mol. The molecule has 0 atom stereocenters. The van der Waals surface area contributed by atoms with Gasteiger partial charge in [0.1, 0.15) is 5.65 Å². The van der Waals surface area contributed by atoms with Crippen molar-refractivity contribution in [2.24, 2.45) is 0 Å². The number of anilines is 1. The number of fused-ring (bicyclic) bond motifs is 1. The van der Waals surface area contributed by atoms with Crippen molar-refractivity contribution in [3.8, 4) is 11.4 Å². The van der Waals surface area contributed by atoms with Gasteiger partial charge in [-0.3, -0.25) is 4.90 Å². The first-order valence-corrected chi connectivity index (χ1v) is 10.9. The molecule has 0 bridgehead atoms. The van der Waals surface area contributed by atoms with Crippen LogP contribution in [0.2, 0.25) is 5.02 Å². The fraction of sp³-hybridized carbons (Fsp3) is 0.286. The van der Waals surface area contributed by atoms with E-state index in [0.717, 1.165) is 72.0 Å². The number of rotatable bonds is 4. The van der Waals surface area contributed by atoms with E-state index in [1.165, 1.54) is 11.5 Å². The van der Waals surface area contributed by atoms with Crippen molar-refractivity contribution < 1.29 is 0 Å². The van der Waals surface area contributed by atoms with E-state index in [2.05, 4.69) is 32.5 Å². The molecule has 148 valence electrons.